The maximum Gasteiger partial charge on any atom is 0.340 e. The lowest BCUT2D eigenvalue weighted by atomic mass is 10.0. The van der Waals surface area contributed by atoms with E-state index in [0.29, 0.717) is 22.3 Å². The topological polar surface area (TPSA) is 122 Å². The summed E-state index contributed by atoms with van der Waals surface area (Å²) in [4.78, 5) is 40.3. The molecule has 0 radical (unpaired) electrons. The first-order valence-electron chi connectivity index (χ1n) is 10.5. The molecule has 0 unspecified atom stereocenters. The summed E-state index contributed by atoms with van der Waals surface area (Å²) in [5.41, 5.74) is 3.01. The van der Waals surface area contributed by atoms with Crippen molar-refractivity contribution < 1.29 is 23.8 Å². The molecule has 8 nitrogen and oxygen atoms in total. The van der Waals surface area contributed by atoms with E-state index in [1.54, 1.807) is 19.2 Å². The van der Waals surface area contributed by atoms with Crippen molar-refractivity contribution in [1.82, 2.24) is 10.3 Å². The number of nitrogens with one attached hydrogen (secondary N) is 2. The lowest BCUT2D eigenvalue weighted by Crippen LogP contribution is -2.43. The van der Waals surface area contributed by atoms with Crippen LogP contribution in [0.25, 0.3) is 21.9 Å². The predicted octanol–water partition coefficient (Wildman–Crippen LogP) is 3.25. The van der Waals surface area contributed by atoms with E-state index >= 15 is 0 Å². The highest BCUT2D eigenvalue weighted by atomic mass is 16.5. The minimum Gasteiger partial charge on any atom is -0.496 e. The standard InChI is InChI=1S/C25H24N2O6/c1-13-8-20(32-3)23-14(2)17(25(31)33-21(23)9-13)11-22(28)27-19(24(29)30)10-15-12-26-18-7-5-4-6-16(15)18/h4-9,12,19,26H,10-11H2,1-3H3,(H,27,28)(H,29,30)/t19-/m0/s1. The van der Waals surface area contributed by atoms with Crippen LogP contribution in [0.3, 0.4) is 0 Å². The van der Waals surface area contributed by atoms with Crippen molar-refractivity contribution in [2.75, 3.05) is 7.11 Å². The zero-order chi connectivity index (χ0) is 23.7. The van der Waals surface area contributed by atoms with Crippen molar-refractivity contribution in [3.8, 4) is 5.75 Å². The number of carbonyl (C=O) groups excluding carboxylic acids is 1. The molecule has 0 aliphatic rings. The number of ether oxygens (including phenoxy) is 1. The summed E-state index contributed by atoms with van der Waals surface area (Å²) >= 11 is 0. The van der Waals surface area contributed by atoms with Gasteiger partial charge in [0.25, 0.3) is 0 Å². The van der Waals surface area contributed by atoms with Gasteiger partial charge in [-0.2, -0.15) is 0 Å². The van der Waals surface area contributed by atoms with E-state index < -0.39 is 23.5 Å². The van der Waals surface area contributed by atoms with Gasteiger partial charge in [0.15, 0.2) is 0 Å². The van der Waals surface area contributed by atoms with Crippen molar-refractivity contribution in [1.29, 1.82) is 0 Å². The van der Waals surface area contributed by atoms with Crippen LogP contribution in [-0.4, -0.2) is 35.1 Å². The maximum absolute atomic E-state index is 12.8. The predicted molar refractivity (Wildman–Crippen MR) is 124 cm³/mol. The molecule has 0 saturated carbocycles. The van der Waals surface area contributed by atoms with Gasteiger partial charge in [-0.05, 0) is 48.7 Å². The number of para-hydroxylation sites is 1. The van der Waals surface area contributed by atoms with Gasteiger partial charge in [-0.3, -0.25) is 4.79 Å². The summed E-state index contributed by atoms with van der Waals surface area (Å²) in [6.45, 7) is 3.58. The minimum absolute atomic E-state index is 0.101. The van der Waals surface area contributed by atoms with Crippen LogP contribution in [-0.2, 0) is 22.4 Å². The second kappa shape index (κ2) is 8.82. The second-order valence-electron chi connectivity index (χ2n) is 8.03. The van der Waals surface area contributed by atoms with Crippen LogP contribution in [0, 0.1) is 13.8 Å². The van der Waals surface area contributed by atoms with Crippen LogP contribution in [0.5, 0.6) is 5.75 Å². The monoisotopic (exact) mass is 448 g/mol. The number of rotatable bonds is 7. The van der Waals surface area contributed by atoms with Crippen LogP contribution in [0.4, 0.5) is 0 Å². The van der Waals surface area contributed by atoms with Gasteiger partial charge in [0, 0.05) is 23.5 Å². The number of methoxy groups -OCH3 is 1. The van der Waals surface area contributed by atoms with Gasteiger partial charge in [0.2, 0.25) is 5.91 Å². The quantitative estimate of drug-likeness (QED) is 0.373. The van der Waals surface area contributed by atoms with E-state index in [-0.39, 0.29) is 18.4 Å². The summed E-state index contributed by atoms with van der Waals surface area (Å²) in [6, 6.07) is 9.93. The third-order valence-corrected chi connectivity index (χ3v) is 5.78. The molecule has 0 aliphatic heterocycles. The van der Waals surface area contributed by atoms with Gasteiger partial charge in [-0.1, -0.05) is 18.2 Å². The molecule has 33 heavy (non-hydrogen) atoms. The minimum atomic E-state index is -1.16. The molecule has 0 aliphatic carbocycles. The first-order chi connectivity index (χ1) is 15.8. The number of hydrogen-bond acceptors (Lipinski definition) is 5. The zero-order valence-corrected chi connectivity index (χ0v) is 18.5. The smallest absolute Gasteiger partial charge is 0.340 e. The Hall–Kier alpha value is -4.07. The molecule has 170 valence electrons. The number of benzene rings is 2. The van der Waals surface area contributed by atoms with Gasteiger partial charge in [-0.25, -0.2) is 9.59 Å². The number of fused-ring (bicyclic) bond motifs is 2. The van der Waals surface area contributed by atoms with Crippen molar-refractivity contribution >= 4 is 33.7 Å². The van der Waals surface area contributed by atoms with Crippen LogP contribution >= 0.6 is 0 Å². The third kappa shape index (κ3) is 4.32. The molecule has 8 heteroatoms. The van der Waals surface area contributed by atoms with Crippen molar-refractivity contribution in [3.05, 3.63) is 75.3 Å². The van der Waals surface area contributed by atoms with E-state index in [4.69, 9.17) is 9.15 Å². The Bertz CT molecular complexity index is 1430. The molecule has 2 heterocycles. The molecular formula is C25H24N2O6. The molecule has 4 aromatic rings. The molecule has 1 amide bonds. The maximum atomic E-state index is 12.8. The lowest BCUT2D eigenvalue weighted by molar-refractivity contribution is -0.141. The number of carbonyl (C=O) groups is 2. The van der Waals surface area contributed by atoms with Gasteiger partial charge in [0.05, 0.1) is 24.5 Å². The first-order valence-corrected chi connectivity index (χ1v) is 10.5. The Kier molecular flexibility index (Phi) is 5.91. The van der Waals surface area contributed by atoms with Crippen molar-refractivity contribution in [2.24, 2.45) is 0 Å². The molecular weight excluding hydrogens is 424 g/mol. The fourth-order valence-electron chi connectivity index (χ4n) is 4.13. The summed E-state index contributed by atoms with van der Waals surface area (Å²) in [5, 5.41) is 13.7. The van der Waals surface area contributed by atoms with Gasteiger partial charge < -0.3 is 24.6 Å². The lowest BCUT2D eigenvalue weighted by Gasteiger charge is -2.15. The van der Waals surface area contributed by atoms with E-state index in [0.717, 1.165) is 22.0 Å². The number of aromatic nitrogens is 1. The number of H-pyrrole nitrogens is 1. The highest BCUT2D eigenvalue weighted by Gasteiger charge is 2.24. The summed E-state index contributed by atoms with van der Waals surface area (Å²) in [7, 11) is 1.52. The molecule has 4 rings (SSSR count). The van der Waals surface area contributed by atoms with Crippen molar-refractivity contribution in [3.63, 3.8) is 0 Å². The molecule has 2 aromatic heterocycles. The number of carboxylic acid groups (broad SMARTS) is 1. The fourth-order valence-corrected chi connectivity index (χ4v) is 4.13. The van der Waals surface area contributed by atoms with E-state index in [1.807, 2.05) is 37.3 Å². The molecule has 0 fully saturated rings. The number of aromatic amines is 1. The Morgan fingerprint density at radius 2 is 1.97 bits per heavy atom. The van der Waals surface area contributed by atoms with Crippen LogP contribution in [0.15, 0.2) is 51.8 Å². The van der Waals surface area contributed by atoms with E-state index in [1.165, 1.54) is 7.11 Å². The average Bonchev–Trinajstić information content (AvgIpc) is 3.18. The van der Waals surface area contributed by atoms with Gasteiger partial charge in [0.1, 0.15) is 17.4 Å². The number of hydrogen-bond donors (Lipinski definition) is 3. The Balaban J connectivity index is 1.60. The highest BCUT2D eigenvalue weighted by Crippen LogP contribution is 2.30. The molecule has 1 atom stereocenters. The highest BCUT2D eigenvalue weighted by molar-refractivity contribution is 5.91. The average molecular weight is 448 g/mol. The molecule has 0 bridgehead atoms. The summed E-state index contributed by atoms with van der Waals surface area (Å²) < 4.78 is 10.9. The molecule has 2 aromatic carbocycles. The first kappa shape index (κ1) is 22.1. The van der Waals surface area contributed by atoms with E-state index in [9.17, 15) is 19.5 Å². The number of amides is 1. The second-order valence-corrected chi connectivity index (χ2v) is 8.03. The van der Waals surface area contributed by atoms with Crippen LogP contribution < -0.4 is 15.7 Å². The molecule has 0 spiro atoms. The number of aliphatic carboxylic acids is 1. The van der Waals surface area contributed by atoms with Crippen LogP contribution in [0.2, 0.25) is 0 Å². The fraction of sp³-hybridized carbons (Fsp3) is 0.240. The normalized spacial score (nSPS) is 12.1. The molecule has 0 saturated heterocycles. The third-order valence-electron chi connectivity index (χ3n) is 5.78. The summed E-state index contributed by atoms with van der Waals surface area (Å²) in [5.74, 6) is -1.20. The Labute approximate surface area is 189 Å². The van der Waals surface area contributed by atoms with Crippen molar-refractivity contribution in [2.45, 2.75) is 32.7 Å². The SMILES string of the molecule is COc1cc(C)cc2oc(=O)c(CC(=O)N[C@@H](Cc3c[nH]c4ccccc34)C(=O)O)c(C)c12. The van der Waals surface area contributed by atoms with E-state index in [2.05, 4.69) is 10.3 Å². The largest absolute Gasteiger partial charge is 0.496 e. The zero-order valence-electron chi connectivity index (χ0n) is 18.5. The number of carboxylic acids is 1. The number of aryl methyl sites for hydroxylation is 2. The van der Waals surface area contributed by atoms with Gasteiger partial charge >= 0.3 is 11.6 Å². The Morgan fingerprint density at radius 1 is 1.21 bits per heavy atom. The molecule has 3 N–H and O–H groups in total. The van der Waals surface area contributed by atoms with Gasteiger partial charge in [-0.15, -0.1) is 0 Å². The Morgan fingerprint density at radius 3 is 2.70 bits per heavy atom. The van der Waals surface area contributed by atoms with Crippen LogP contribution in [0.1, 0.15) is 22.3 Å². The summed E-state index contributed by atoms with van der Waals surface area (Å²) in [6.07, 6.45) is 1.53.